The smallest absolute Gasteiger partial charge is 0.246 e. The fourth-order valence-electron chi connectivity index (χ4n) is 1.83. The van der Waals surface area contributed by atoms with Crippen molar-refractivity contribution in [2.24, 2.45) is 0 Å². The van der Waals surface area contributed by atoms with Crippen LogP contribution < -0.4 is 5.32 Å². The number of hydrogen-bond donors (Lipinski definition) is 1. The molecule has 5 heteroatoms. The topological polar surface area (TPSA) is 58.6 Å². The number of ether oxygens (including phenoxy) is 1. The van der Waals surface area contributed by atoms with E-state index in [4.69, 9.17) is 4.74 Å². The normalized spacial score (nSPS) is 17.6. The number of amides is 2. The molecular weight excluding hydrogens is 220 g/mol. The van der Waals surface area contributed by atoms with E-state index in [1.807, 2.05) is 20.8 Å². The summed E-state index contributed by atoms with van der Waals surface area (Å²) in [6.45, 7) is 7.15. The lowest BCUT2D eigenvalue weighted by molar-refractivity contribution is -0.130. The number of rotatable bonds is 6. The van der Waals surface area contributed by atoms with Crippen molar-refractivity contribution in [3.63, 3.8) is 0 Å². The molecule has 1 N–H and O–H groups in total. The highest BCUT2D eigenvalue weighted by Gasteiger charge is 2.22. The Kier molecular flexibility index (Phi) is 5.41. The highest BCUT2D eigenvalue weighted by molar-refractivity contribution is 5.79. The molecule has 5 nitrogen and oxygen atoms in total. The van der Waals surface area contributed by atoms with Gasteiger partial charge in [0, 0.05) is 25.6 Å². The van der Waals surface area contributed by atoms with Crippen molar-refractivity contribution in [3.05, 3.63) is 0 Å². The lowest BCUT2D eigenvalue weighted by atomic mass is 10.3. The van der Waals surface area contributed by atoms with Crippen LogP contribution in [-0.2, 0) is 14.3 Å². The summed E-state index contributed by atoms with van der Waals surface area (Å²) in [6, 6.07) is -0.0275. The van der Waals surface area contributed by atoms with Crippen LogP contribution in [0.25, 0.3) is 0 Å². The Morgan fingerprint density at radius 2 is 2.18 bits per heavy atom. The maximum atomic E-state index is 11.5. The molecule has 0 spiro atoms. The Balaban J connectivity index is 2.21. The summed E-state index contributed by atoms with van der Waals surface area (Å²) in [5.41, 5.74) is 0. The fraction of sp³-hybridized carbons (Fsp3) is 0.833. The molecule has 1 fully saturated rings. The molecule has 0 bridgehead atoms. The average Bonchev–Trinajstić information content (AvgIpc) is 2.61. The molecule has 17 heavy (non-hydrogen) atoms. The van der Waals surface area contributed by atoms with E-state index in [0.717, 1.165) is 13.0 Å². The highest BCUT2D eigenvalue weighted by Crippen LogP contribution is 2.09. The van der Waals surface area contributed by atoms with Crippen LogP contribution in [0.15, 0.2) is 0 Å². The fourth-order valence-corrected chi connectivity index (χ4v) is 1.83. The highest BCUT2D eigenvalue weighted by atomic mass is 16.5. The van der Waals surface area contributed by atoms with Crippen LogP contribution >= 0.6 is 0 Å². The van der Waals surface area contributed by atoms with Gasteiger partial charge in [0.2, 0.25) is 11.8 Å². The number of nitrogens with zero attached hydrogens (tertiary/aromatic N) is 1. The zero-order valence-electron chi connectivity index (χ0n) is 10.9. The van der Waals surface area contributed by atoms with Crippen LogP contribution in [0.2, 0.25) is 0 Å². The van der Waals surface area contributed by atoms with Crippen LogP contribution in [0.5, 0.6) is 0 Å². The van der Waals surface area contributed by atoms with Gasteiger partial charge in [0.15, 0.2) is 0 Å². The Bertz CT molecular complexity index is 279. The summed E-state index contributed by atoms with van der Waals surface area (Å²) in [7, 11) is 0. The monoisotopic (exact) mass is 242 g/mol. The molecule has 0 radical (unpaired) electrons. The maximum absolute atomic E-state index is 11.5. The molecule has 1 rings (SSSR count). The molecule has 0 saturated carbocycles. The zero-order chi connectivity index (χ0) is 12.8. The van der Waals surface area contributed by atoms with Gasteiger partial charge in [-0.1, -0.05) is 0 Å². The molecule has 98 valence electrons. The van der Waals surface area contributed by atoms with Crippen molar-refractivity contribution in [2.75, 3.05) is 19.7 Å². The van der Waals surface area contributed by atoms with Gasteiger partial charge in [0.05, 0.1) is 6.10 Å². The summed E-state index contributed by atoms with van der Waals surface area (Å²) < 4.78 is 5.20. The van der Waals surface area contributed by atoms with Crippen molar-refractivity contribution in [1.82, 2.24) is 10.2 Å². The second kappa shape index (κ2) is 6.59. The third-order valence-electron chi connectivity index (χ3n) is 2.62. The van der Waals surface area contributed by atoms with E-state index in [1.54, 1.807) is 4.90 Å². The predicted molar refractivity (Wildman–Crippen MR) is 64.5 cm³/mol. The maximum Gasteiger partial charge on any atom is 0.246 e. The first kappa shape index (κ1) is 14.0. The van der Waals surface area contributed by atoms with Crippen LogP contribution in [0, 0.1) is 0 Å². The SMILES string of the molecule is CC(CN1CCCC1=O)NC(=O)COC(C)C. The van der Waals surface area contributed by atoms with E-state index in [9.17, 15) is 9.59 Å². The molecule has 0 aromatic heterocycles. The van der Waals surface area contributed by atoms with Crippen molar-refractivity contribution in [2.45, 2.75) is 45.8 Å². The van der Waals surface area contributed by atoms with Crippen LogP contribution in [0.3, 0.4) is 0 Å². The number of nitrogens with one attached hydrogen (secondary N) is 1. The van der Waals surface area contributed by atoms with Gasteiger partial charge in [-0.3, -0.25) is 9.59 Å². The van der Waals surface area contributed by atoms with Crippen molar-refractivity contribution < 1.29 is 14.3 Å². The van der Waals surface area contributed by atoms with Crippen molar-refractivity contribution in [3.8, 4) is 0 Å². The largest absolute Gasteiger partial charge is 0.369 e. The molecule has 1 saturated heterocycles. The summed E-state index contributed by atoms with van der Waals surface area (Å²) >= 11 is 0. The van der Waals surface area contributed by atoms with Gasteiger partial charge in [-0.25, -0.2) is 0 Å². The Morgan fingerprint density at radius 1 is 1.47 bits per heavy atom. The molecule has 1 unspecified atom stereocenters. The summed E-state index contributed by atoms with van der Waals surface area (Å²) in [6.07, 6.45) is 1.61. The number of carbonyl (C=O) groups excluding carboxylic acids is 2. The second-order valence-corrected chi connectivity index (χ2v) is 4.77. The lowest BCUT2D eigenvalue weighted by Gasteiger charge is -2.21. The number of likely N-dealkylation sites (tertiary alicyclic amines) is 1. The molecule has 2 amide bonds. The Hall–Kier alpha value is -1.10. The Morgan fingerprint density at radius 3 is 2.71 bits per heavy atom. The van der Waals surface area contributed by atoms with Gasteiger partial charge in [0.25, 0.3) is 0 Å². The van der Waals surface area contributed by atoms with Crippen molar-refractivity contribution in [1.29, 1.82) is 0 Å². The second-order valence-electron chi connectivity index (χ2n) is 4.77. The first-order valence-electron chi connectivity index (χ1n) is 6.17. The molecule has 0 aromatic rings. The molecule has 1 heterocycles. The van der Waals surface area contributed by atoms with Crippen LogP contribution in [0.1, 0.15) is 33.6 Å². The molecular formula is C12H22N2O3. The molecule has 1 aliphatic heterocycles. The number of carbonyl (C=O) groups is 2. The van der Waals surface area contributed by atoms with Crippen LogP contribution in [-0.4, -0.2) is 48.6 Å². The van der Waals surface area contributed by atoms with E-state index in [0.29, 0.717) is 13.0 Å². The average molecular weight is 242 g/mol. The van der Waals surface area contributed by atoms with Gasteiger partial charge in [-0.05, 0) is 27.2 Å². The predicted octanol–water partition coefficient (Wildman–Crippen LogP) is 0.539. The van der Waals surface area contributed by atoms with E-state index in [1.165, 1.54) is 0 Å². The molecule has 0 aliphatic carbocycles. The first-order valence-corrected chi connectivity index (χ1v) is 6.17. The van der Waals surface area contributed by atoms with E-state index >= 15 is 0 Å². The third-order valence-corrected chi connectivity index (χ3v) is 2.62. The van der Waals surface area contributed by atoms with Gasteiger partial charge in [-0.15, -0.1) is 0 Å². The number of hydrogen-bond acceptors (Lipinski definition) is 3. The quantitative estimate of drug-likeness (QED) is 0.739. The summed E-state index contributed by atoms with van der Waals surface area (Å²) in [4.78, 5) is 24.7. The van der Waals surface area contributed by atoms with Crippen molar-refractivity contribution >= 4 is 11.8 Å². The summed E-state index contributed by atoms with van der Waals surface area (Å²) in [5, 5.41) is 2.82. The third kappa shape index (κ3) is 5.17. The standard InChI is InChI=1S/C12H22N2O3/c1-9(2)17-8-11(15)13-10(3)7-14-6-4-5-12(14)16/h9-10H,4-8H2,1-3H3,(H,13,15). The first-order chi connectivity index (χ1) is 7.99. The molecule has 1 atom stereocenters. The minimum atomic E-state index is -0.127. The van der Waals surface area contributed by atoms with E-state index in [-0.39, 0.29) is 30.6 Å². The summed E-state index contributed by atoms with van der Waals surface area (Å²) in [5.74, 6) is 0.0578. The zero-order valence-corrected chi connectivity index (χ0v) is 10.9. The van der Waals surface area contributed by atoms with E-state index < -0.39 is 0 Å². The Labute approximate surface area is 102 Å². The molecule has 0 aromatic carbocycles. The van der Waals surface area contributed by atoms with Gasteiger partial charge in [0.1, 0.15) is 6.61 Å². The van der Waals surface area contributed by atoms with E-state index in [2.05, 4.69) is 5.32 Å². The lowest BCUT2D eigenvalue weighted by Crippen LogP contribution is -2.43. The van der Waals surface area contributed by atoms with Gasteiger partial charge in [-0.2, -0.15) is 0 Å². The van der Waals surface area contributed by atoms with Gasteiger partial charge < -0.3 is 15.0 Å². The van der Waals surface area contributed by atoms with Crippen LogP contribution in [0.4, 0.5) is 0 Å². The minimum Gasteiger partial charge on any atom is -0.369 e. The molecule has 1 aliphatic rings. The van der Waals surface area contributed by atoms with Gasteiger partial charge >= 0.3 is 0 Å². The minimum absolute atomic E-state index is 0.0275.